The smallest absolute Gasteiger partial charge is 0.213 e. The highest BCUT2D eigenvalue weighted by atomic mass is 35.5. The first-order chi connectivity index (χ1) is 14.5. The summed E-state index contributed by atoms with van der Waals surface area (Å²) in [6, 6.07) is 13.1. The molecule has 0 radical (unpaired) electrons. The topological polar surface area (TPSA) is 0 Å². The zero-order chi connectivity index (χ0) is 23.7. The Balaban J connectivity index is 0.000000311. The van der Waals surface area contributed by atoms with Crippen LogP contribution in [0, 0.1) is 11.8 Å². The fourth-order valence-corrected chi connectivity index (χ4v) is 3.46. The van der Waals surface area contributed by atoms with Gasteiger partial charge in [0.25, 0.3) is 0 Å². The van der Waals surface area contributed by atoms with Crippen molar-refractivity contribution in [2.24, 2.45) is 11.8 Å². The lowest BCUT2D eigenvalue weighted by Crippen LogP contribution is -2.08. The monoisotopic (exact) mass is 478 g/mol. The zero-order valence-corrected chi connectivity index (χ0v) is 19.2. The van der Waals surface area contributed by atoms with Gasteiger partial charge in [0.15, 0.2) is 5.83 Å². The Labute approximate surface area is 190 Å². The van der Waals surface area contributed by atoms with Crippen LogP contribution < -0.4 is 0 Å². The van der Waals surface area contributed by atoms with Crippen molar-refractivity contribution in [2.45, 2.75) is 39.5 Å². The van der Waals surface area contributed by atoms with Crippen LogP contribution in [0.3, 0.4) is 0 Å². The van der Waals surface area contributed by atoms with E-state index in [0.717, 1.165) is 5.56 Å². The summed E-state index contributed by atoms with van der Waals surface area (Å²) in [5.41, 5.74) is 1.24. The fraction of sp³-hybridized carbons (Fsp3) is 0.333. The van der Waals surface area contributed by atoms with Crippen molar-refractivity contribution < 1.29 is 22.0 Å². The second-order valence-corrected chi connectivity index (χ2v) is 8.52. The molecule has 2 atom stereocenters. The second kappa shape index (κ2) is 12.9. The maximum Gasteiger partial charge on any atom is 0.302 e. The molecule has 0 fully saturated rings. The third-order valence-corrected chi connectivity index (χ3v) is 5.15. The minimum atomic E-state index is -2.26. The van der Waals surface area contributed by atoms with Crippen molar-refractivity contribution in [3.05, 3.63) is 93.8 Å². The summed E-state index contributed by atoms with van der Waals surface area (Å²) < 4.78 is 63.4. The Kier molecular flexibility index (Phi) is 11.3. The average Bonchev–Trinajstić information content (AvgIpc) is 2.71. The number of halogens is 7. The van der Waals surface area contributed by atoms with Gasteiger partial charge in [-0.1, -0.05) is 75.2 Å². The number of allylic oxidation sites excluding steroid dienone is 2. The van der Waals surface area contributed by atoms with Gasteiger partial charge in [-0.25, -0.2) is 13.2 Å². The first-order valence-electron chi connectivity index (χ1n) is 9.66. The molecule has 31 heavy (non-hydrogen) atoms. The van der Waals surface area contributed by atoms with Gasteiger partial charge in [-0.05, 0) is 47.2 Å². The van der Waals surface area contributed by atoms with Crippen LogP contribution in [0.5, 0.6) is 0 Å². The van der Waals surface area contributed by atoms with Crippen LogP contribution in [0.4, 0.5) is 22.0 Å². The first-order valence-corrected chi connectivity index (χ1v) is 10.4. The van der Waals surface area contributed by atoms with E-state index in [4.69, 9.17) is 23.2 Å². The molecule has 0 aliphatic carbocycles. The summed E-state index contributed by atoms with van der Waals surface area (Å²) in [4.78, 5) is 0. The van der Waals surface area contributed by atoms with Crippen LogP contribution >= 0.6 is 23.2 Å². The lowest BCUT2D eigenvalue weighted by molar-refractivity contribution is 0.341. The molecule has 0 bridgehead atoms. The van der Waals surface area contributed by atoms with E-state index in [-0.39, 0.29) is 18.2 Å². The summed E-state index contributed by atoms with van der Waals surface area (Å²) in [6.07, 6.45) is -2.23. The summed E-state index contributed by atoms with van der Waals surface area (Å²) in [5, 5.41) is 1.09. The second-order valence-electron chi connectivity index (χ2n) is 7.65. The number of hydrogen-bond donors (Lipinski definition) is 0. The molecule has 0 spiro atoms. The maximum absolute atomic E-state index is 13.3. The lowest BCUT2D eigenvalue weighted by atomic mass is 9.87. The molecule has 0 saturated carbocycles. The Morgan fingerprint density at radius 1 is 0.677 bits per heavy atom. The van der Waals surface area contributed by atoms with Crippen molar-refractivity contribution in [3.8, 4) is 0 Å². The molecular weight excluding hydrogens is 454 g/mol. The Hall–Kier alpha value is -1.85. The van der Waals surface area contributed by atoms with E-state index in [2.05, 4.69) is 0 Å². The quantitative estimate of drug-likeness (QED) is 0.362. The van der Waals surface area contributed by atoms with Crippen molar-refractivity contribution in [1.29, 1.82) is 0 Å². The largest absolute Gasteiger partial charge is 0.302 e. The van der Waals surface area contributed by atoms with E-state index in [1.807, 2.05) is 13.8 Å². The number of rotatable bonds is 6. The van der Waals surface area contributed by atoms with Crippen LogP contribution in [0.1, 0.15) is 50.7 Å². The van der Waals surface area contributed by atoms with Gasteiger partial charge in [-0.2, -0.15) is 8.78 Å². The minimum Gasteiger partial charge on any atom is -0.213 e. The molecule has 0 amide bonds. The highest BCUT2D eigenvalue weighted by molar-refractivity contribution is 6.30. The van der Waals surface area contributed by atoms with Gasteiger partial charge in [0, 0.05) is 21.9 Å². The van der Waals surface area contributed by atoms with Gasteiger partial charge in [-0.15, -0.1) is 0 Å². The predicted molar refractivity (Wildman–Crippen MR) is 119 cm³/mol. The molecule has 0 aliphatic heterocycles. The lowest BCUT2D eigenvalue weighted by Gasteiger charge is -2.19. The van der Waals surface area contributed by atoms with E-state index in [0.29, 0.717) is 15.6 Å². The SMILES string of the molecule is CC(C)C(/C(F)=C\F)c1ccc(Cl)cc1.CC(C)C(C(F)=C(F)F)c1ccc(Cl)cc1. The fourth-order valence-electron chi connectivity index (χ4n) is 3.21. The number of benzene rings is 2. The van der Waals surface area contributed by atoms with E-state index < -0.39 is 29.6 Å². The third kappa shape index (κ3) is 8.30. The van der Waals surface area contributed by atoms with E-state index in [9.17, 15) is 22.0 Å². The van der Waals surface area contributed by atoms with E-state index in [1.54, 1.807) is 62.4 Å². The van der Waals surface area contributed by atoms with Crippen LogP contribution in [0.15, 0.2) is 72.6 Å². The van der Waals surface area contributed by atoms with Crippen LogP contribution in [0.25, 0.3) is 0 Å². The van der Waals surface area contributed by atoms with Crippen molar-refractivity contribution >= 4 is 23.2 Å². The zero-order valence-electron chi connectivity index (χ0n) is 17.7. The molecule has 2 unspecified atom stereocenters. The van der Waals surface area contributed by atoms with E-state index in [1.165, 1.54) is 0 Å². The standard InChI is InChI=1S/C12H12ClF3.C12H13ClF2/c1-7(2)10(11(14)12(15)16)8-3-5-9(13)6-4-8;1-8(2)12(11(15)7-14)9-3-5-10(13)6-4-9/h3-7,10H,1-2H3;3-8,12H,1-2H3/b;11-7+. The number of hydrogen-bond acceptors (Lipinski definition) is 0. The summed E-state index contributed by atoms with van der Waals surface area (Å²) in [6.45, 7) is 7.09. The molecule has 0 saturated heterocycles. The molecular formula is C24H25Cl2F5. The summed E-state index contributed by atoms with van der Waals surface area (Å²) >= 11 is 11.4. The Morgan fingerprint density at radius 2 is 1.03 bits per heavy atom. The maximum atomic E-state index is 13.3. The van der Waals surface area contributed by atoms with Gasteiger partial charge in [0.1, 0.15) is 12.2 Å². The van der Waals surface area contributed by atoms with Crippen LogP contribution in [-0.2, 0) is 0 Å². The molecule has 2 aromatic carbocycles. The van der Waals surface area contributed by atoms with Gasteiger partial charge in [-0.3, -0.25) is 0 Å². The Bertz CT molecular complexity index is 868. The molecule has 0 nitrogen and oxygen atoms in total. The average molecular weight is 479 g/mol. The van der Waals surface area contributed by atoms with Crippen LogP contribution in [-0.4, -0.2) is 0 Å². The van der Waals surface area contributed by atoms with E-state index >= 15 is 0 Å². The Morgan fingerprint density at radius 3 is 1.32 bits per heavy atom. The normalized spacial score (nSPS) is 13.5. The van der Waals surface area contributed by atoms with Gasteiger partial charge < -0.3 is 0 Å². The van der Waals surface area contributed by atoms with Gasteiger partial charge in [0.05, 0.1) is 0 Å². The highest BCUT2D eigenvalue weighted by Gasteiger charge is 2.25. The molecule has 170 valence electrons. The van der Waals surface area contributed by atoms with Gasteiger partial charge in [0.2, 0.25) is 0 Å². The summed E-state index contributed by atoms with van der Waals surface area (Å²) in [5.74, 6) is -3.81. The molecule has 7 heteroatoms. The molecule has 0 N–H and O–H groups in total. The molecule has 2 rings (SSSR count). The minimum absolute atomic E-state index is 0.00169. The predicted octanol–water partition coefficient (Wildman–Crippen LogP) is 10.0. The highest BCUT2D eigenvalue weighted by Crippen LogP contribution is 2.36. The molecule has 0 heterocycles. The van der Waals surface area contributed by atoms with Crippen molar-refractivity contribution in [1.82, 2.24) is 0 Å². The molecule has 0 aromatic heterocycles. The third-order valence-electron chi connectivity index (χ3n) is 4.65. The van der Waals surface area contributed by atoms with Gasteiger partial charge >= 0.3 is 6.08 Å². The molecule has 0 aliphatic rings. The van der Waals surface area contributed by atoms with Crippen molar-refractivity contribution in [3.63, 3.8) is 0 Å². The van der Waals surface area contributed by atoms with Crippen molar-refractivity contribution in [2.75, 3.05) is 0 Å². The van der Waals surface area contributed by atoms with Crippen LogP contribution in [0.2, 0.25) is 10.0 Å². The molecule has 2 aromatic rings. The first kappa shape index (κ1) is 27.2. The summed E-state index contributed by atoms with van der Waals surface area (Å²) in [7, 11) is 0.